The van der Waals surface area contributed by atoms with Crippen molar-refractivity contribution < 1.29 is 14.3 Å². The van der Waals surface area contributed by atoms with Gasteiger partial charge in [-0.3, -0.25) is 0 Å². The Morgan fingerprint density at radius 2 is 2.00 bits per heavy atom. The molecule has 0 atom stereocenters. The molecule has 0 amide bonds. The maximum Gasteiger partial charge on any atom is 0.331 e. The molecule has 2 rings (SSSR count). The lowest BCUT2D eigenvalue weighted by atomic mass is 9.89. The molecule has 3 nitrogen and oxygen atoms in total. The first kappa shape index (κ1) is 15.9. The van der Waals surface area contributed by atoms with Crippen molar-refractivity contribution in [3.63, 3.8) is 0 Å². The highest BCUT2D eigenvalue weighted by Gasteiger charge is 2.18. The van der Waals surface area contributed by atoms with Gasteiger partial charge in [-0.25, -0.2) is 4.79 Å². The summed E-state index contributed by atoms with van der Waals surface area (Å²) in [7, 11) is 0. The third-order valence-corrected chi connectivity index (χ3v) is 3.57. The van der Waals surface area contributed by atoms with Crippen LogP contribution in [0.1, 0.15) is 59.3 Å². The fourth-order valence-corrected chi connectivity index (χ4v) is 2.67. The highest BCUT2D eigenvalue weighted by molar-refractivity contribution is 5.83. The van der Waals surface area contributed by atoms with Crippen LogP contribution in [0.25, 0.3) is 0 Å². The van der Waals surface area contributed by atoms with Gasteiger partial charge < -0.3 is 9.47 Å². The smallest absolute Gasteiger partial charge is 0.331 e. The molecule has 1 aliphatic carbocycles. The van der Waals surface area contributed by atoms with Crippen LogP contribution < -0.4 is 0 Å². The minimum Gasteiger partial charge on any atom is -0.494 e. The van der Waals surface area contributed by atoms with Gasteiger partial charge in [0.25, 0.3) is 0 Å². The van der Waals surface area contributed by atoms with Crippen molar-refractivity contribution >= 4 is 5.97 Å². The van der Waals surface area contributed by atoms with Crippen molar-refractivity contribution in [3.8, 4) is 0 Å². The third-order valence-electron chi connectivity index (χ3n) is 3.57. The van der Waals surface area contributed by atoms with E-state index in [-0.39, 0.29) is 5.97 Å². The van der Waals surface area contributed by atoms with Crippen LogP contribution in [0.2, 0.25) is 0 Å². The van der Waals surface area contributed by atoms with Gasteiger partial charge in [0.05, 0.1) is 6.61 Å². The zero-order valence-electron chi connectivity index (χ0n) is 13.4. The molecule has 0 spiro atoms. The average molecular weight is 290 g/mol. The van der Waals surface area contributed by atoms with Gasteiger partial charge >= 0.3 is 5.97 Å². The molecule has 0 aromatic carbocycles. The maximum atomic E-state index is 11.8. The quantitative estimate of drug-likeness (QED) is 0.569. The SMILES string of the molecule is CC(C)(C)OC(=O)/C=C/C1=C(C2=CCCCO2)CCCC1. The lowest BCUT2D eigenvalue weighted by Gasteiger charge is -2.23. The minimum absolute atomic E-state index is 0.279. The highest BCUT2D eigenvalue weighted by Crippen LogP contribution is 2.32. The second-order valence-electron chi connectivity index (χ2n) is 6.64. The van der Waals surface area contributed by atoms with E-state index in [9.17, 15) is 4.79 Å². The summed E-state index contributed by atoms with van der Waals surface area (Å²) in [5.41, 5.74) is 2.06. The monoisotopic (exact) mass is 290 g/mol. The van der Waals surface area contributed by atoms with Crippen LogP contribution >= 0.6 is 0 Å². The van der Waals surface area contributed by atoms with Gasteiger partial charge in [0, 0.05) is 6.08 Å². The summed E-state index contributed by atoms with van der Waals surface area (Å²) < 4.78 is 11.1. The van der Waals surface area contributed by atoms with E-state index in [2.05, 4.69) is 6.08 Å². The standard InChI is InChI=1S/C18H26O3/c1-18(2,3)21-17(19)12-11-14-8-4-5-9-15(14)16-10-6-7-13-20-16/h10-12H,4-9,13H2,1-3H3/b12-11+. The molecule has 21 heavy (non-hydrogen) atoms. The van der Waals surface area contributed by atoms with Crippen LogP contribution in [-0.4, -0.2) is 18.2 Å². The van der Waals surface area contributed by atoms with E-state index in [4.69, 9.17) is 9.47 Å². The number of hydrogen-bond acceptors (Lipinski definition) is 3. The second-order valence-corrected chi connectivity index (χ2v) is 6.64. The fourth-order valence-electron chi connectivity index (χ4n) is 2.67. The Labute approximate surface area is 127 Å². The Balaban J connectivity index is 2.12. The van der Waals surface area contributed by atoms with E-state index < -0.39 is 5.60 Å². The Hall–Kier alpha value is -1.51. The lowest BCUT2D eigenvalue weighted by molar-refractivity contribution is -0.148. The van der Waals surface area contributed by atoms with Crippen molar-refractivity contribution in [2.75, 3.05) is 6.61 Å². The van der Waals surface area contributed by atoms with Crippen LogP contribution in [0.5, 0.6) is 0 Å². The van der Waals surface area contributed by atoms with E-state index in [0.29, 0.717) is 0 Å². The molecule has 0 aromatic rings. The topological polar surface area (TPSA) is 35.5 Å². The van der Waals surface area contributed by atoms with Gasteiger partial charge in [-0.05, 0) is 76.5 Å². The molecule has 0 radical (unpaired) electrons. The number of esters is 1. The number of rotatable bonds is 3. The van der Waals surface area contributed by atoms with Crippen LogP contribution in [0, 0.1) is 0 Å². The van der Waals surface area contributed by atoms with Crippen molar-refractivity contribution in [1.29, 1.82) is 0 Å². The molecule has 1 aliphatic heterocycles. The first-order valence-electron chi connectivity index (χ1n) is 7.92. The van der Waals surface area contributed by atoms with Crippen molar-refractivity contribution in [2.45, 2.75) is 64.9 Å². The van der Waals surface area contributed by atoms with Crippen molar-refractivity contribution in [1.82, 2.24) is 0 Å². The number of allylic oxidation sites excluding steroid dienone is 4. The summed E-state index contributed by atoms with van der Waals surface area (Å²) in [5, 5.41) is 0. The summed E-state index contributed by atoms with van der Waals surface area (Å²) >= 11 is 0. The van der Waals surface area contributed by atoms with E-state index in [1.165, 1.54) is 24.0 Å². The number of ether oxygens (including phenoxy) is 2. The van der Waals surface area contributed by atoms with E-state index in [1.807, 2.05) is 26.8 Å². The van der Waals surface area contributed by atoms with Gasteiger partial charge in [-0.2, -0.15) is 0 Å². The predicted octanol–water partition coefficient (Wildman–Crippen LogP) is 4.45. The fraction of sp³-hybridized carbons (Fsp3) is 0.611. The van der Waals surface area contributed by atoms with Crippen LogP contribution in [0.3, 0.4) is 0 Å². The Morgan fingerprint density at radius 1 is 1.24 bits per heavy atom. The van der Waals surface area contributed by atoms with Gasteiger partial charge in [-0.15, -0.1) is 0 Å². The number of carbonyl (C=O) groups excluding carboxylic acids is 1. The molecule has 0 aromatic heterocycles. The average Bonchev–Trinajstić information content (AvgIpc) is 2.45. The molecule has 0 unspecified atom stereocenters. The van der Waals surface area contributed by atoms with Gasteiger partial charge in [0.2, 0.25) is 0 Å². The third kappa shape index (κ3) is 5.07. The van der Waals surface area contributed by atoms with Gasteiger partial charge in [0.1, 0.15) is 11.4 Å². The summed E-state index contributed by atoms with van der Waals surface area (Å²) in [6, 6.07) is 0. The van der Waals surface area contributed by atoms with Crippen molar-refractivity contribution in [2.24, 2.45) is 0 Å². The van der Waals surface area contributed by atoms with Crippen LogP contribution in [-0.2, 0) is 14.3 Å². The summed E-state index contributed by atoms with van der Waals surface area (Å²) in [4.78, 5) is 11.8. The minimum atomic E-state index is -0.444. The molecule has 0 N–H and O–H groups in total. The summed E-state index contributed by atoms with van der Waals surface area (Å²) in [6.07, 6.45) is 12.3. The van der Waals surface area contributed by atoms with E-state index in [0.717, 1.165) is 38.0 Å². The predicted molar refractivity (Wildman–Crippen MR) is 83.7 cm³/mol. The second kappa shape index (κ2) is 6.97. The molecule has 0 fully saturated rings. The molecule has 0 saturated heterocycles. The number of hydrogen-bond donors (Lipinski definition) is 0. The zero-order valence-corrected chi connectivity index (χ0v) is 13.4. The van der Waals surface area contributed by atoms with E-state index in [1.54, 1.807) is 6.08 Å². The normalized spacial score (nSPS) is 20.2. The van der Waals surface area contributed by atoms with Crippen molar-refractivity contribution in [3.05, 3.63) is 35.1 Å². The largest absolute Gasteiger partial charge is 0.494 e. The zero-order chi connectivity index (χ0) is 15.3. The van der Waals surface area contributed by atoms with Crippen LogP contribution in [0.4, 0.5) is 0 Å². The highest BCUT2D eigenvalue weighted by atomic mass is 16.6. The molecule has 3 heteroatoms. The van der Waals surface area contributed by atoms with Gasteiger partial charge in [-0.1, -0.05) is 6.08 Å². The first-order valence-corrected chi connectivity index (χ1v) is 7.92. The molecular formula is C18H26O3. The molecule has 0 saturated carbocycles. The Kier molecular flexibility index (Phi) is 5.27. The van der Waals surface area contributed by atoms with Gasteiger partial charge in [0.15, 0.2) is 0 Å². The van der Waals surface area contributed by atoms with E-state index >= 15 is 0 Å². The lowest BCUT2D eigenvalue weighted by Crippen LogP contribution is -2.22. The summed E-state index contributed by atoms with van der Waals surface area (Å²) in [6.45, 7) is 6.44. The molecule has 0 bridgehead atoms. The van der Waals surface area contributed by atoms with Crippen LogP contribution in [0.15, 0.2) is 35.1 Å². The molecular weight excluding hydrogens is 264 g/mol. The summed E-state index contributed by atoms with van der Waals surface area (Å²) in [5.74, 6) is 0.753. The molecule has 1 heterocycles. The molecule has 2 aliphatic rings. The number of carbonyl (C=O) groups is 1. The Morgan fingerprint density at radius 3 is 2.67 bits per heavy atom. The Bertz CT molecular complexity index is 475. The first-order chi connectivity index (χ1) is 9.96. The maximum absolute atomic E-state index is 11.8. The molecule has 116 valence electrons.